The molecule has 0 amide bonds. The second kappa shape index (κ2) is 10.7. The molecule has 1 aliphatic rings. The number of hydrogen-bond acceptors (Lipinski definition) is 3. The van der Waals surface area contributed by atoms with Gasteiger partial charge in [-0.1, -0.05) is 13.8 Å². The molecule has 1 heterocycles. The molecule has 136 valence electrons. The third-order valence-electron chi connectivity index (χ3n) is 3.86. The maximum absolute atomic E-state index is 5.90. The van der Waals surface area contributed by atoms with E-state index in [0.717, 1.165) is 30.4 Å². The Hall–Kier alpha value is -1.05. The van der Waals surface area contributed by atoms with Crippen LogP contribution in [-0.4, -0.2) is 30.6 Å². The van der Waals surface area contributed by atoms with E-state index in [1.807, 2.05) is 12.1 Å². The number of pyridine rings is 1. The molecule has 0 aliphatic heterocycles. The summed E-state index contributed by atoms with van der Waals surface area (Å²) < 4.78 is 5.90. The average molecular weight is 446 g/mol. The van der Waals surface area contributed by atoms with E-state index in [9.17, 15) is 0 Å². The first kappa shape index (κ1) is 21.0. The minimum absolute atomic E-state index is 0. The van der Waals surface area contributed by atoms with Crippen molar-refractivity contribution in [2.75, 3.05) is 13.6 Å². The van der Waals surface area contributed by atoms with Gasteiger partial charge in [0.1, 0.15) is 0 Å². The van der Waals surface area contributed by atoms with E-state index >= 15 is 0 Å². The van der Waals surface area contributed by atoms with Crippen LogP contribution in [0.1, 0.15) is 45.6 Å². The van der Waals surface area contributed by atoms with Crippen LogP contribution >= 0.6 is 24.0 Å². The van der Waals surface area contributed by atoms with Gasteiger partial charge in [-0.2, -0.15) is 0 Å². The van der Waals surface area contributed by atoms with Gasteiger partial charge in [-0.05, 0) is 49.7 Å². The Balaban J connectivity index is 0.00000288. The van der Waals surface area contributed by atoms with Crippen LogP contribution in [0.2, 0.25) is 0 Å². The third kappa shape index (κ3) is 8.17. The van der Waals surface area contributed by atoms with Gasteiger partial charge in [-0.25, -0.2) is 4.98 Å². The molecular weight excluding hydrogens is 415 g/mol. The number of nitrogens with one attached hydrogen (secondary N) is 2. The molecule has 1 fully saturated rings. The number of nitrogens with zero attached hydrogens (tertiary/aromatic N) is 2. The lowest BCUT2D eigenvalue weighted by atomic mass is 10.1. The quantitative estimate of drug-likeness (QED) is 0.364. The van der Waals surface area contributed by atoms with E-state index in [-0.39, 0.29) is 30.1 Å². The Kier molecular flexibility index (Phi) is 9.39. The van der Waals surface area contributed by atoms with Crippen LogP contribution in [0, 0.1) is 11.8 Å². The molecule has 0 radical (unpaired) electrons. The largest absolute Gasteiger partial charge is 0.475 e. The number of halogens is 1. The van der Waals surface area contributed by atoms with Crippen molar-refractivity contribution < 1.29 is 4.74 Å². The van der Waals surface area contributed by atoms with Gasteiger partial charge in [0.2, 0.25) is 5.88 Å². The number of ether oxygens (including phenoxy) is 1. The maximum Gasteiger partial charge on any atom is 0.213 e. The summed E-state index contributed by atoms with van der Waals surface area (Å²) in [6.07, 6.45) is 5.68. The van der Waals surface area contributed by atoms with Gasteiger partial charge in [-0.15, -0.1) is 24.0 Å². The van der Waals surface area contributed by atoms with E-state index in [0.29, 0.717) is 18.3 Å². The molecule has 2 N–H and O–H groups in total. The van der Waals surface area contributed by atoms with Gasteiger partial charge < -0.3 is 15.4 Å². The Bertz CT molecular complexity index is 517. The average Bonchev–Trinajstić information content (AvgIpc) is 3.31. The molecule has 2 rings (SSSR count). The Labute approximate surface area is 163 Å². The van der Waals surface area contributed by atoms with Gasteiger partial charge in [0.15, 0.2) is 5.96 Å². The van der Waals surface area contributed by atoms with E-state index < -0.39 is 0 Å². The number of hydrogen-bond donors (Lipinski definition) is 2. The minimum Gasteiger partial charge on any atom is -0.475 e. The Morgan fingerprint density at radius 1 is 1.33 bits per heavy atom. The van der Waals surface area contributed by atoms with Crippen molar-refractivity contribution in [3.63, 3.8) is 0 Å². The third-order valence-corrected chi connectivity index (χ3v) is 3.86. The number of guanidine groups is 1. The lowest BCUT2D eigenvalue weighted by molar-refractivity contribution is 0.185. The van der Waals surface area contributed by atoms with Crippen LogP contribution < -0.4 is 15.4 Å². The minimum atomic E-state index is 0. The maximum atomic E-state index is 5.90. The van der Waals surface area contributed by atoms with Crippen molar-refractivity contribution in [2.45, 2.75) is 52.7 Å². The van der Waals surface area contributed by atoms with Crippen molar-refractivity contribution in [3.8, 4) is 5.88 Å². The van der Waals surface area contributed by atoms with Gasteiger partial charge >= 0.3 is 0 Å². The van der Waals surface area contributed by atoms with Crippen LogP contribution in [-0.2, 0) is 6.54 Å². The first-order chi connectivity index (χ1) is 11.1. The predicted octanol–water partition coefficient (Wildman–Crippen LogP) is 3.59. The standard InChI is InChI=1S/C18H30N4O.HI/c1-13(2)9-14(3)23-17-10-16(7-8-20-17)12-22-18(19-4)21-11-15-5-6-15;/h7-8,10,13-15H,5-6,9,11-12H2,1-4H3,(H2,19,21,22);1H. The molecule has 1 saturated carbocycles. The fourth-order valence-corrected chi connectivity index (χ4v) is 2.51. The molecule has 1 aromatic rings. The summed E-state index contributed by atoms with van der Waals surface area (Å²) in [4.78, 5) is 8.56. The smallest absolute Gasteiger partial charge is 0.213 e. The van der Waals surface area contributed by atoms with Crippen LogP contribution in [0.15, 0.2) is 23.3 Å². The highest BCUT2D eigenvalue weighted by Gasteiger charge is 2.21. The zero-order chi connectivity index (χ0) is 16.7. The Morgan fingerprint density at radius 3 is 2.71 bits per heavy atom. The van der Waals surface area contributed by atoms with Gasteiger partial charge in [0.25, 0.3) is 0 Å². The second-order valence-electron chi connectivity index (χ2n) is 6.81. The number of rotatable bonds is 8. The van der Waals surface area contributed by atoms with E-state index in [2.05, 4.69) is 41.4 Å². The summed E-state index contributed by atoms with van der Waals surface area (Å²) in [5.41, 5.74) is 1.14. The van der Waals surface area contributed by atoms with Crippen molar-refractivity contribution in [1.82, 2.24) is 15.6 Å². The number of aromatic nitrogens is 1. The molecule has 5 nitrogen and oxygen atoms in total. The highest BCUT2D eigenvalue weighted by molar-refractivity contribution is 14.0. The molecule has 1 aliphatic carbocycles. The van der Waals surface area contributed by atoms with E-state index in [1.165, 1.54) is 12.8 Å². The molecule has 0 bridgehead atoms. The molecule has 1 atom stereocenters. The molecule has 24 heavy (non-hydrogen) atoms. The van der Waals surface area contributed by atoms with Gasteiger partial charge in [0, 0.05) is 32.4 Å². The van der Waals surface area contributed by atoms with Crippen LogP contribution in [0.4, 0.5) is 0 Å². The molecule has 1 unspecified atom stereocenters. The lowest BCUT2D eigenvalue weighted by Gasteiger charge is -2.16. The summed E-state index contributed by atoms with van der Waals surface area (Å²) in [5, 5.41) is 6.70. The summed E-state index contributed by atoms with van der Waals surface area (Å²) in [7, 11) is 1.80. The predicted molar refractivity (Wildman–Crippen MR) is 110 cm³/mol. The van der Waals surface area contributed by atoms with Crippen molar-refractivity contribution in [3.05, 3.63) is 23.9 Å². The van der Waals surface area contributed by atoms with Crippen molar-refractivity contribution >= 4 is 29.9 Å². The van der Waals surface area contributed by atoms with Gasteiger partial charge in [0.05, 0.1) is 6.10 Å². The van der Waals surface area contributed by atoms with Gasteiger partial charge in [-0.3, -0.25) is 4.99 Å². The Morgan fingerprint density at radius 2 is 2.08 bits per heavy atom. The fraction of sp³-hybridized carbons (Fsp3) is 0.667. The fourth-order valence-electron chi connectivity index (χ4n) is 2.51. The lowest BCUT2D eigenvalue weighted by Crippen LogP contribution is -2.37. The first-order valence-corrected chi connectivity index (χ1v) is 8.63. The summed E-state index contributed by atoms with van der Waals surface area (Å²) in [6.45, 7) is 8.22. The molecule has 0 aromatic carbocycles. The van der Waals surface area contributed by atoms with E-state index in [4.69, 9.17) is 4.74 Å². The van der Waals surface area contributed by atoms with Crippen molar-refractivity contribution in [1.29, 1.82) is 0 Å². The van der Waals surface area contributed by atoms with Crippen molar-refractivity contribution in [2.24, 2.45) is 16.8 Å². The van der Waals surface area contributed by atoms with Crippen LogP contribution in [0.3, 0.4) is 0 Å². The van der Waals surface area contributed by atoms with Crippen LogP contribution in [0.25, 0.3) is 0 Å². The topological polar surface area (TPSA) is 58.5 Å². The summed E-state index contributed by atoms with van der Waals surface area (Å²) >= 11 is 0. The second-order valence-corrected chi connectivity index (χ2v) is 6.81. The normalized spacial score (nSPS) is 15.6. The molecule has 6 heteroatoms. The summed E-state index contributed by atoms with van der Waals surface area (Å²) in [5.74, 6) is 3.00. The molecule has 0 saturated heterocycles. The molecule has 1 aromatic heterocycles. The summed E-state index contributed by atoms with van der Waals surface area (Å²) in [6, 6.07) is 4.00. The van der Waals surface area contributed by atoms with Crippen LogP contribution in [0.5, 0.6) is 5.88 Å². The zero-order valence-electron chi connectivity index (χ0n) is 15.2. The monoisotopic (exact) mass is 446 g/mol. The molecule has 0 spiro atoms. The highest BCUT2D eigenvalue weighted by atomic mass is 127. The first-order valence-electron chi connectivity index (χ1n) is 8.63. The van der Waals surface area contributed by atoms with E-state index in [1.54, 1.807) is 13.2 Å². The molecular formula is C18H31IN4O. The zero-order valence-corrected chi connectivity index (χ0v) is 17.5. The number of aliphatic imine (C=N–C) groups is 1. The SMILES string of the molecule is CN=C(NCc1ccnc(OC(C)CC(C)C)c1)NCC1CC1.I. The highest BCUT2D eigenvalue weighted by Crippen LogP contribution is 2.27.